The number of phenolic OH excluding ortho intramolecular Hbond substituents is 1. The molecule has 0 spiro atoms. The molecule has 0 amide bonds. The summed E-state index contributed by atoms with van der Waals surface area (Å²) in [4.78, 5) is -1.64. The molecule has 41 heavy (non-hydrogen) atoms. The first-order chi connectivity index (χ1) is 19.5. The second kappa shape index (κ2) is 11.0. The van der Waals surface area contributed by atoms with Gasteiger partial charge in [0, 0.05) is 5.39 Å². The molecule has 3 N–H and O–H groups in total. The molecular formula is C28H20N4O7S2. The summed E-state index contributed by atoms with van der Waals surface area (Å²) < 4.78 is 66.4. The Bertz CT molecular complexity index is 2030. The summed E-state index contributed by atoms with van der Waals surface area (Å²) in [6, 6.07) is 27.8. The van der Waals surface area contributed by atoms with Crippen molar-refractivity contribution in [1.82, 2.24) is 0 Å². The van der Waals surface area contributed by atoms with Gasteiger partial charge in [0.25, 0.3) is 20.2 Å². The normalized spacial score (nSPS) is 12.4. The van der Waals surface area contributed by atoms with Crippen LogP contribution in [-0.4, -0.2) is 31.0 Å². The average molecular weight is 589 g/mol. The maximum Gasteiger partial charge on any atom is 0.295 e. The number of rotatable bonds is 7. The highest BCUT2D eigenvalue weighted by Crippen LogP contribution is 2.41. The van der Waals surface area contributed by atoms with Crippen molar-refractivity contribution in [3.63, 3.8) is 0 Å². The maximum absolute atomic E-state index is 12.1. The smallest absolute Gasteiger partial charge is 0.295 e. The molecule has 0 radical (unpaired) electrons. The van der Waals surface area contributed by atoms with Gasteiger partial charge < -0.3 is 5.11 Å². The van der Waals surface area contributed by atoms with Crippen molar-refractivity contribution in [2.45, 2.75) is 9.79 Å². The van der Waals surface area contributed by atoms with Crippen LogP contribution in [0.5, 0.6) is 5.75 Å². The van der Waals surface area contributed by atoms with Gasteiger partial charge in [0.05, 0.1) is 22.0 Å². The third-order valence-corrected chi connectivity index (χ3v) is 7.66. The van der Waals surface area contributed by atoms with Crippen LogP contribution in [0.1, 0.15) is 0 Å². The third-order valence-electron chi connectivity index (χ3n) is 5.95. The van der Waals surface area contributed by atoms with Gasteiger partial charge in [0.1, 0.15) is 16.3 Å². The molecule has 5 rings (SSSR count). The number of hydrogen-bond donors (Lipinski definition) is 3. The fourth-order valence-corrected chi connectivity index (χ4v) is 5.35. The van der Waals surface area contributed by atoms with Crippen molar-refractivity contribution < 1.29 is 31.0 Å². The molecule has 11 nitrogen and oxygen atoms in total. The van der Waals surface area contributed by atoms with Gasteiger partial charge in [-0.2, -0.15) is 32.2 Å². The minimum absolute atomic E-state index is 0.0351. The van der Waals surface area contributed by atoms with Gasteiger partial charge in [0.2, 0.25) is 0 Å². The Hall–Kier alpha value is -4.82. The van der Waals surface area contributed by atoms with Crippen molar-refractivity contribution in [3.05, 3.63) is 103 Å². The molecule has 0 fully saturated rings. The topological polar surface area (TPSA) is 178 Å². The molecule has 206 valence electrons. The van der Waals surface area contributed by atoms with E-state index in [1.807, 2.05) is 54.6 Å². The molecular weight excluding hydrogens is 568 g/mol. The summed E-state index contributed by atoms with van der Waals surface area (Å²) in [6.07, 6.45) is 0. The van der Waals surface area contributed by atoms with Crippen LogP contribution < -0.4 is 0 Å². The van der Waals surface area contributed by atoms with Crippen LogP contribution in [0.4, 0.5) is 22.7 Å². The Morgan fingerprint density at radius 1 is 0.537 bits per heavy atom. The molecule has 13 heteroatoms. The van der Waals surface area contributed by atoms with Crippen molar-refractivity contribution in [2.75, 3.05) is 0 Å². The van der Waals surface area contributed by atoms with E-state index in [9.17, 15) is 31.0 Å². The van der Waals surface area contributed by atoms with Gasteiger partial charge >= 0.3 is 0 Å². The first kappa shape index (κ1) is 27.7. The second-order valence-electron chi connectivity index (χ2n) is 8.73. The van der Waals surface area contributed by atoms with E-state index in [0.29, 0.717) is 23.1 Å². The molecule has 0 aromatic heterocycles. The standard InChI is InChI=1S/C28H20N4O7S2/c33-25-15-8-20-16-24(40(34,35)36)17-26(41(37,38)39)27(20)28(25)32-31-23-13-11-22(12-14-23)30-29-21-9-6-19(7-10-21)18-4-2-1-3-5-18/h1-17,33H,(H,34,35,36)(H,37,38,39). The molecule has 0 bridgehead atoms. The van der Waals surface area contributed by atoms with Crippen LogP contribution in [0.3, 0.4) is 0 Å². The van der Waals surface area contributed by atoms with Crippen LogP contribution in [0.25, 0.3) is 21.9 Å². The Morgan fingerprint density at radius 2 is 1.05 bits per heavy atom. The molecule has 0 aliphatic rings. The summed E-state index contributed by atoms with van der Waals surface area (Å²) in [5, 5.41) is 26.5. The molecule has 5 aromatic rings. The SMILES string of the molecule is O=S(=O)(O)c1cc(S(=O)(=O)O)c2c(N=Nc3ccc(N=Nc4ccc(-c5ccccc5)cc4)cc3)c(O)ccc2c1. The lowest BCUT2D eigenvalue weighted by Crippen LogP contribution is -2.04. The van der Waals surface area contributed by atoms with E-state index >= 15 is 0 Å². The van der Waals surface area contributed by atoms with E-state index in [-0.39, 0.29) is 16.5 Å². The summed E-state index contributed by atoms with van der Waals surface area (Å²) in [6.45, 7) is 0. The van der Waals surface area contributed by atoms with Gasteiger partial charge in [-0.1, -0.05) is 48.5 Å². The molecule has 0 aliphatic heterocycles. The highest BCUT2D eigenvalue weighted by Gasteiger charge is 2.24. The van der Waals surface area contributed by atoms with Gasteiger partial charge in [-0.15, -0.1) is 5.11 Å². The van der Waals surface area contributed by atoms with Gasteiger partial charge in [-0.3, -0.25) is 9.11 Å². The third kappa shape index (κ3) is 6.34. The zero-order valence-corrected chi connectivity index (χ0v) is 22.5. The van der Waals surface area contributed by atoms with Crippen LogP contribution in [0.15, 0.2) is 133 Å². The summed E-state index contributed by atoms with van der Waals surface area (Å²) in [5.74, 6) is -0.477. The minimum atomic E-state index is -5.00. The molecule has 0 heterocycles. The highest BCUT2D eigenvalue weighted by atomic mass is 32.2. The summed E-state index contributed by atoms with van der Waals surface area (Å²) in [5.41, 5.74) is 3.31. The van der Waals surface area contributed by atoms with Crippen LogP contribution in [0, 0.1) is 0 Å². The largest absolute Gasteiger partial charge is 0.506 e. The van der Waals surface area contributed by atoms with Crippen molar-refractivity contribution >= 4 is 53.8 Å². The van der Waals surface area contributed by atoms with Crippen LogP contribution >= 0.6 is 0 Å². The Morgan fingerprint density at radius 3 is 1.59 bits per heavy atom. The van der Waals surface area contributed by atoms with E-state index < -0.39 is 35.8 Å². The van der Waals surface area contributed by atoms with E-state index in [1.165, 1.54) is 6.07 Å². The maximum atomic E-state index is 12.1. The number of hydrogen-bond acceptors (Lipinski definition) is 9. The van der Waals surface area contributed by atoms with Gasteiger partial charge in [-0.25, -0.2) is 0 Å². The fraction of sp³-hybridized carbons (Fsp3) is 0. The lowest BCUT2D eigenvalue weighted by Gasteiger charge is -2.10. The van der Waals surface area contributed by atoms with Crippen LogP contribution in [0.2, 0.25) is 0 Å². The van der Waals surface area contributed by atoms with Crippen LogP contribution in [-0.2, 0) is 20.2 Å². The second-order valence-corrected chi connectivity index (χ2v) is 11.5. The lowest BCUT2D eigenvalue weighted by molar-refractivity contribution is 0.477. The number of aromatic hydroxyl groups is 1. The Kier molecular flexibility index (Phi) is 7.43. The number of phenols is 1. The van der Waals surface area contributed by atoms with E-state index in [0.717, 1.165) is 23.3 Å². The molecule has 0 unspecified atom stereocenters. The average Bonchev–Trinajstić information content (AvgIpc) is 2.95. The quantitative estimate of drug-likeness (QED) is 0.130. The lowest BCUT2D eigenvalue weighted by atomic mass is 10.1. The van der Waals surface area contributed by atoms with E-state index in [2.05, 4.69) is 20.5 Å². The fourth-order valence-electron chi connectivity index (χ4n) is 3.99. The monoisotopic (exact) mass is 588 g/mol. The zero-order valence-electron chi connectivity index (χ0n) is 20.9. The molecule has 0 saturated carbocycles. The minimum Gasteiger partial charge on any atom is -0.506 e. The summed E-state index contributed by atoms with van der Waals surface area (Å²) >= 11 is 0. The molecule has 5 aromatic carbocycles. The van der Waals surface area contributed by atoms with Gasteiger partial charge in [0.15, 0.2) is 0 Å². The van der Waals surface area contributed by atoms with Crippen molar-refractivity contribution in [3.8, 4) is 16.9 Å². The highest BCUT2D eigenvalue weighted by molar-refractivity contribution is 7.86. The van der Waals surface area contributed by atoms with E-state index in [4.69, 9.17) is 0 Å². The summed E-state index contributed by atoms with van der Waals surface area (Å²) in [7, 11) is -9.80. The first-order valence-corrected chi connectivity index (χ1v) is 14.7. The van der Waals surface area contributed by atoms with E-state index in [1.54, 1.807) is 24.3 Å². The Balaban J connectivity index is 1.41. The zero-order chi connectivity index (χ0) is 29.2. The van der Waals surface area contributed by atoms with Gasteiger partial charge in [-0.05, 0) is 71.1 Å². The molecule has 0 saturated heterocycles. The predicted octanol–water partition coefficient (Wildman–Crippen LogP) is 7.54. The van der Waals surface area contributed by atoms with Crippen molar-refractivity contribution in [1.29, 1.82) is 0 Å². The Labute approximate surface area is 234 Å². The number of azo groups is 2. The molecule has 0 atom stereocenters. The predicted molar refractivity (Wildman–Crippen MR) is 152 cm³/mol. The number of nitrogens with zero attached hydrogens (tertiary/aromatic N) is 4. The molecule has 0 aliphatic carbocycles. The number of fused-ring (bicyclic) bond motifs is 1. The van der Waals surface area contributed by atoms with Crippen molar-refractivity contribution in [2.24, 2.45) is 20.5 Å². The first-order valence-electron chi connectivity index (χ1n) is 11.8. The number of benzene rings is 5.